The lowest BCUT2D eigenvalue weighted by molar-refractivity contribution is 0.0792. The van der Waals surface area contributed by atoms with Crippen LogP contribution in [0.1, 0.15) is 53.8 Å². The lowest BCUT2D eigenvalue weighted by Gasteiger charge is -2.24. The summed E-state index contributed by atoms with van der Waals surface area (Å²) in [6.07, 6.45) is 3.47. The minimum absolute atomic E-state index is 0.493. The first kappa shape index (κ1) is 21.1. The number of fused-ring (bicyclic) bond motifs is 3. The summed E-state index contributed by atoms with van der Waals surface area (Å²) in [6, 6.07) is 7.90. The fourth-order valence-corrected chi connectivity index (χ4v) is 6.40. The molecule has 0 aliphatic carbocycles. The molecule has 0 saturated heterocycles. The molecule has 0 spiro atoms. The number of aromatic nitrogens is 2. The van der Waals surface area contributed by atoms with Crippen LogP contribution in [0.25, 0.3) is 21.3 Å². The molecule has 6 rings (SSSR count). The Kier molecular flexibility index (Phi) is 4.99. The third kappa shape index (κ3) is 3.37. The first-order valence-corrected chi connectivity index (χ1v) is 12.4. The smallest absolute Gasteiger partial charge is 0.185 e. The molecule has 170 valence electrons. The SMILES string of the molecule is CC[C@@H](O)c1cc2nccc(-c3cc(Cl)cc4c3O[C@](C)(c3onc5c3CNCC5)C4)c2s1. The van der Waals surface area contributed by atoms with Crippen LogP contribution in [0.15, 0.2) is 35.0 Å². The molecule has 5 heterocycles. The van der Waals surface area contributed by atoms with Crippen molar-refractivity contribution in [3.8, 4) is 16.9 Å². The van der Waals surface area contributed by atoms with Gasteiger partial charge in [-0.05, 0) is 37.6 Å². The second-order valence-corrected chi connectivity index (χ2v) is 10.5. The summed E-state index contributed by atoms with van der Waals surface area (Å²) < 4.78 is 13.5. The Morgan fingerprint density at radius 2 is 2.18 bits per heavy atom. The molecule has 0 amide bonds. The van der Waals surface area contributed by atoms with E-state index in [2.05, 4.69) is 22.4 Å². The highest BCUT2D eigenvalue weighted by Crippen LogP contribution is 2.50. The van der Waals surface area contributed by atoms with Crippen LogP contribution in [0.2, 0.25) is 5.02 Å². The Bertz CT molecular complexity index is 1380. The van der Waals surface area contributed by atoms with E-state index >= 15 is 0 Å². The molecule has 33 heavy (non-hydrogen) atoms. The Morgan fingerprint density at radius 1 is 1.30 bits per heavy atom. The zero-order valence-electron chi connectivity index (χ0n) is 18.4. The van der Waals surface area contributed by atoms with E-state index in [4.69, 9.17) is 20.9 Å². The maximum Gasteiger partial charge on any atom is 0.185 e. The predicted octanol–water partition coefficient (Wildman–Crippen LogP) is 5.54. The van der Waals surface area contributed by atoms with Crippen molar-refractivity contribution < 1.29 is 14.4 Å². The summed E-state index contributed by atoms with van der Waals surface area (Å²) in [7, 11) is 0. The molecule has 3 aromatic heterocycles. The maximum absolute atomic E-state index is 10.4. The number of thiophene rings is 1. The molecule has 2 aliphatic heterocycles. The minimum Gasteiger partial charge on any atom is -0.478 e. The van der Waals surface area contributed by atoms with Crippen molar-refractivity contribution >= 4 is 33.2 Å². The number of aliphatic hydroxyl groups is 1. The van der Waals surface area contributed by atoms with Gasteiger partial charge in [-0.2, -0.15) is 0 Å². The van der Waals surface area contributed by atoms with Gasteiger partial charge in [-0.15, -0.1) is 11.3 Å². The number of pyridine rings is 1. The first-order valence-electron chi connectivity index (χ1n) is 11.2. The largest absolute Gasteiger partial charge is 0.478 e. The second kappa shape index (κ2) is 7.81. The van der Waals surface area contributed by atoms with Gasteiger partial charge in [0.05, 0.1) is 22.0 Å². The molecular formula is C25H24ClN3O3S. The van der Waals surface area contributed by atoms with E-state index in [1.807, 2.05) is 31.2 Å². The van der Waals surface area contributed by atoms with Gasteiger partial charge in [0.25, 0.3) is 0 Å². The zero-order chi connectivity index (χ0) is 22.7. The van der Waals surface area contributed by atoms with Gasteiger partial charge in [-0.1, -0.05) is 23.7 Å². The molecular weight excluding hydrogens is 458 g/mol. The summed E-state index contributed by atoms with van der Waals surface area (Å²) in [5.74, 6) is 1.60. The van der Waals surface area contributed by atoms with E-state index in [-0.39, 0.29) is 0 Å². The highest BCUT2D eigenvalue weighted by Gasteiger charge is 2.44. The lowest BCUT2D eigenvalue weighted by Crippen LogP contribution is -2.31. The van der Waals surface area contributed by atoms with Crippen LogP contribution >= 0.6 is 22.9 Å². The number of rotatable bonds is 4. The predicted molar refractivity (Wildman–Crippen MR) is 129 cm³/mol. The number of nitrogens with one attached hydrogen (secondary N) is 1. The van der Waals surface area contributed by atoms with Gasteiger partial charge in [0, 0.05) is 64.3 Å². The molecule has 2 atom stereocenters. The molecule has 0 fully saturated rings. The van der Waals surface area contributed by atoms with Gasteiger partial charge < -0.3 is 19.7 Å². The molecule has 4 aromatic rings. The van der Waals surface area contributed by atoms with Gasteiger partial charge in [0.2, 0.25) is 0 Å². The highest BCUT2D eigenvalue weighted by molar-refractivity contribution is 7.19. The molecule has 0 bridgehead atoms. The van der Waals surface area contributed by atoms with Gasteiger partial charge in [-0.3, -0.25) is 4.98 Å². The molecule has 2 aliphatic rings. The average Bonchev–Trinajstić information content (AvgIpc) is 3.52. The van der Waals surface area contributed by atoms with Crippen LogP contribution in [0.3, 0.4) is 0 Å². The molecule has 2 N–H and O–H groups in total. The number of hydrogen-bond donors (Lipinski definition) is 2. The third-order valence-corrected chi connectivity index (χ3v) is 8.09. The van der Waals surface area contributed by atoms with Gasteiger partial charge in [0.15, 0.2) is 11.4 Å². The van der Waals surface area contributed by atoms with E-state index in [0.29, 0.717) is 17.9 Å². The van der Waals surface area contributed by atoms with Crippen LogP contribution < -0.4 is 10.1 Å². The van der Waals surface area contributed by atoms with Crippen LogP contribution in [-0.4, -0.2) is 21.8 Å². The Hall–Kier alpha value is -2.45. The molecule has 0 radical (unpaired) electrons. The number of nitrogens with zero attached hydrogens (tertiary/aromatic N) is 2. The van der Waals surface area contributed by atoms with Crippen molar-refractivity contribution in [1.29, 1.82) is 0 Å². The molecule has 0 unspecified atom stereocenters. The topological polar surface area (TPSA) is 80.4 Å². The number of halogens is 1. The van der Waals surface area contributed by atoms with E-state index < -0.39 is 11.7 Å². The number of hydrogen-bond acceptors (Lipinski definition) is 7. The summed E-state index contributed by atoms with van der Waals surface area (Å²) in [4.78, 5) is 5.45. The fourth-order valence-electron chi connectivity index (χ4n) is 4.94. The number of aliphatic hydroxyl groups excluding tert-OH is 1. The van der Waals surface area contributed by atoms with Gasteiger partial charge in [-0.25, -0.2) is 0 Å². The lowest BCUT2D eigenvalue weighted by atomic mass is 9.91. The Morgan fingerprint density at radius 3 is 3.03 bits per heavy atom. The summed E-state index contributed by atoms with van der Waals surface area (Å²) in [5.41, 5.74) is 5.30. The Labute approximate surface area is 200 Å². The number of ether oxygens (including phenoxy) is 1. The molecule has 6 nitrogen and oxygen atoms in total. The fraction of sp³-hybridized carbons (Fsp3) is 0.360. The van der Waals surface area contributed by atoms with Crippen molar-refractivity contribution in [2.45, 2.75) is 51.4 Å². The normalized spacial score (nSPS) is 20.5. The van der Waals surface area contributed by atoms with Crippen molar-refractivity contribution in [3.63, 3.8) is 0 Å². The third-order valence-electron chi connectivity index (χ3n) is 6.61. The molecule has 0 saturated carbocycles. The minimum atomic E-state index is -0.660. The van der Waals surface area contributed by atoms with Crippen molar-refractivity contribution in [1.82, 2.24) is 15.5 Å². The van der Waals surface area contributed by atoms with Gasteiger partial charge >= 0.3 is 0 Å². The second-order valence-electron chi connectivity index (χ2n) is 8.96. The van der Waals surface area contributed by atoms with Crippen LogP contribution in [0.5, 0.6) is 5.75 Å². The van der Waals surface area contributed by atoms with Crippen LogP contribution in [0, 0.1) is 0 Å². The first-order chi connectivity index (χ1) is 16.0. The van der Waals surface area contributed by atoms with E-state index in [1.54, 1.807) is 17.5 Å². The van der Waals surface area contributed by atoms with Crippen LogP contribution in [0.4, 0.5) is 0 Å². The van der Waals surface area contributed by atoms with E-state index in [1.165, 1.54) is 0 Å². The summed E-state index contributed by atoms with van der Waals surface area (Å²) in [6.45, 7) is 5.67. The zero-order valence-corrected chi connectivity index (χ0v) is 20.0. The number of benzene rings is 1. The summed E-state index contributed by atoms with van der Waals surface area (Å²) in [5, 5.41) is 18.8. The van der Waals surface area contributed by atoms with Crippen LogP contribution in [-0.2, 0) is 25.0 Å². The van der Waals surface area contributed by atoms with Gasteiger partial charge in [0.1, 0.15) is 5.75 Å². The average molecular weight is 482 g/mol. The maximum atomic E-state index is 10.4. The van der Waals surface area contributed by atoms with E-state index in [9.17, 15) is 5.11 Å². The van der Waals surface area contributed by atoms with Crippen molar-refractivity contribution in [3.05, 3.63) is 62.9 Å². The van der Waals surface area contributed by atoms with Crippen molar-refractivity contribution in [2.75, 3.05) is 6.54 Å². The quantitative estimate of drug-likeness (QED) is 0.398. The summed E-state index contributed by atoms with van der Waals surface area (Å²) >= 11 is 8.16. The van der Waals surface area contributed by atoms with E-state index in [0.717, 1.165) is 74.1 Å². The molecule has 1 aromatic carbocycles. The van der Waals surface area contributed by atoms with Crippen molar-refractivity contribution in [2.24, 2.45) is 0 Å². The molecule has 8 heteroatoms. The standard InChI is InChI=1S/C25H24ClN3O3S/c1-3-20(30)21-10-19-23(33-21)15(4-7-28-19)16-9-14(26)8-13-11-25(2,31-22(13)16)24-17-12-27-6-5-18(17)29-32-24/h4,7-10,20,27,30H,3,5-6,11-12H2,1-2H3/t20-,25+/m1/s1. The Balaban J connectivity index is 1.47. The monoisotopic (exact) mass is 481 g/mol. The highest BCUT2D eigenvalue weighted by atomic mass is 35.5.